The lowest BCUT2D eigenvalue weighted by atomic mass is 10.1. The number of hydrogen-bond acceptors (Lipinski definition) is 2. The smallest absolute Gasteiger partial charge is 0.239 e. The standard InChI is InChI=1S/C12H18N2O/c1-13-11(12(15)14(2)3)9-10-7-5-4-6-8-10/h4-8,11,13H,9H2,1-3H3. The van der Waals surface area contributed by atoms with Gasteiger partial charge in [0.05, 0.1) is 6.04 Å². The van der Waals surface area contributed by atoms with Crippen LogP contribution in [0.4, 0.5) is 0 Å². The molecule has 0 fully saturated rings. The molecule has 0 heterocycles. The highest BCUT2D eigenvalue weighted by atomic mass is 16.2. The molecular formula is C12H18N2O. The molecule has 0 aliphatic carbocycles. The summed E-state index contributed by atoms with van der Waals surface area (Å²) in [5.41, 5.74) is 1.17. The van der Waals surface area contributed by atoms with Gasteiger partial charge in [-0.05, 0) is 19.0 Å². The van der Waals surface area contributed by atoms with Crippen LogP contribution < -0.4 is 5.32 Å². The maximum atomic E-state index is 11.7. The Morgan fingerprint density at radius 2 is 1.93 bits per heavy atom. The van der Waals surface area contributed by atoms with Gasteiger partial charge in [0.1, 0.15) is 0 Å². The first-order chi connectivity index (χ1) is 7.15. The largest absolute Gasteiger partial charge is 0.347 e. The van der Waals surface area contributed by atoms with Gasteiger partial charge in [-0.25, -0.2) is 0 Å². The number of nitrogens with one attached hydrogen (secondary N) is 1. The van der Waals surface area contributed by atoms with Crippen molar-refractivity contribution in [3.8, 4) is 0 Å². The molecular weight excluding hydrogens is 188 g/mol. The zero-order valence-corrected chi connectivity index (χ0v) is 9.53. The molecule has 1 atom stereocenters. The molecule has 0 saturated carbocycles. The van der Waals surface area contributed by atoms with E-state index in [1.54, 1.807) is 19.0 Å². The van der Waals surface area contributed by atoms with E-state index >= 15 is 0 Å². The zero-order chi connectivity index (χ0) is 11.3. The Bertz CT molecular complexity index is 309. The molecule has 0 saturated heterocycles. The van der Waals surface area contributed by atoms with Gasteiger partial charge in [0, 0.05) is 14.1 Å². The number of carbonyl (C=O) groups excluding carboxylic acids is 1. The van der Waals surface area contributed by atoms with Gasteiger partial charge in [0.25, 0.3) is 0 Å². The van der Waals surface area contributed by atoms with Crippen LogP contribution in [0.1, 0.15) is 5.56 Å². The quantitative estimate of drug-likeness (QED) is 0.794. The Labute approximate surface area is 91.1 Å². The van der Waals surface area contributed by atoms with E-state index < -0.39 is 0 Å². The second-order valence-electron chi connectivity index (χ2n) is 3.76. The van der Waals surface area contributed by atoms with E-state index in [-0.39, 0.29) is 11.9 Å². The first-order valence-electron chi connectivity index (χ1n) is 5.07. The molecule has 1 N–H and O–H groups in total. The van der Waals surface area contributed by atoms with Gasteiger partial charge in [0.2, 0.25) is 5.91 Å². The number of likely N-dealkylation sites (N-methyl/N-ethyl adjacent to an activating group) is 2. The van der Waals surface area contributed by atoms with E-state index in [9.17, 15) is 4.79 Å². The first-order valence-corrected chi connectivity index (χ1v) is 5.07. The number of amides is 1. The summed E-state index contributed by atoms with van der Waals surface area (Å²) in [5, 5.41) is 3.04. The van der Waals surface area contributed by atoms with Crippen LogP contribution in [0.3, 0.4) is 0 Å². The van der Waals surface area contributed by atoms with Crippen LogP contribution in [0, 0.1) is 0 Å². The Balaban J connectivity index is 2.66. The van der Waals surface area contributed by atoms with Crippen molar-refractivity contribution in [2.24, 2.45) is 0 Å². The van der Waals surface area contributed by atoms with Crippen molar-refractivity contribution in [2.45, 2.75) is 12.5 Å². The summed E-state index contributed by atoms with van der Waals surface area (Å²) < 4.78 is 0. The molecule has 0 spiro atoms. The van der Waals surface area contributed by atoms with Crippen LogP contribution in [0.25, 0.3) is 0 Å². The summed E-state index contributed by atoms with van der Waals surface area (Å²) >= 11 is 0. The van der Waals surface area contributed by atoms with Crippen LogP contribution in [0.2, 0.25) is 0 Å². The third-order valence-electron chi connectivity index (χ3n) is 2.37. The highest BCUT2D eigenvalue weighted by Crippen LogP contribution is 2.04. The summed E-state index contributed by atoms with van der Waals surface area (Å²) in [6, 6.07) is 9.89. The minimum absolute atomic E-state index is 0.112. The fourth-order valence-electron chi connectivity index (χ4n) is 1.47. The molecule has 15 heavy (non-hydrogen) atoms. The maximum absolute atomic E-state index is 11.7. The molecule has 1 aromatic rings. The minimum Gasteiger partial charge on any atom is -0.347 e. The second-order valence-corrected chi connectivity index (χ2v) is 3.76. The summed E-state index contributed by atoms with van der Waals surface area (Å²) in [7, 11) is 5.37. The maximum Gasteiger partial charge on any atom is 0.239 e. The number of nitrogens with zero attached hydrogens (tertiary/aromatic N) is 1. The highest BCUT2D eigenvalue weighted by Gasteiger charge is 2.17. The van der Waals surface area contributed by atoms with Crippen LogP contribution in [-0.4, -0.2) is 38.0 Å². The van der Waals surface area contributed by atoms with Gasteiger partial charge in [-0.2, -0.15) is 0 Å². The minimum atomic E-state index is -0.137. The Kier molecular flexibility index (Phi) is 4.31. The average molecular weight is 206 g/mol. The van der Waals surface area contributed by atoms with Crippen molar-refractivity contribution in [3.05, 3.63) is 35.9 Å². The van der Waals surface area contributed by atoms with E-state index in [0.717, 1.165) is 6.42 Å². The molecule has 0 aliphatic heterocycles. The fourth-order valence-corrected chi connectivity index (χ4v) is 1.47. The topological polar surface area (TPSA) is 32.3 Å². The van der Waals surface area contributed by atoms with Crippen LogP contribution in [0.15, 0.2) is 30.3 Å². The van der Waals surface area contributed by atoms with Gasteiger partial charge in [-0.3, -0.25) is 4.79 Å². The normalized spacial score (nSPS) is 12.2. The molecule has 3 nitrogen and oxygen atoms in total. The number of carbonyl (C=O) groups is 1. The van der Waals surface area contributed by atoms with E-state index in [1.165, 1.54) is 5.56 Å². The summed E-state index contributed by atoms with van der Waals surface area (Å²) in [6.07, 6.45) is 0.731. The first kappa shape index (κ1) is 11.7. The second kappa shape index (κ2) is 5.51. The van der Waals surface area contributed by atoms with Gasteiger partial charge in [0.15, 0.2) is 0 Å². The van der Waals surface area contributed by atoms with Crippen molar-refractivity contribution >= 4 is 5.91 Å². The third kappa shape index (κ3) is 3.36. The molecule has 1 aromatic carbocycles. The molecule has 0 bridgehead atoms. The monoisotopic (exact) mass is 206 g/mol. The molecule has 1 amide bonds. The summed E-state index contributed by atoms with van der Waals surface area (Å²) in [6.45, 7) is 0. The lowest BCUT2D eigenvalue weighted by Crippen LogP contribution is -2.43. The van der Waals surface area contributed by atoms with Crippen molar-refractivity contribution in [1.82, 2.24) is 10.2 Å². The van der Waals surface area contributed by atoms with Gasteiger partial charge in [-0.1, -0.05) is 30.3 Å². The van der Waals surface area contributed by atoms with Crippen molar-refractivity contribution in [1.29, 1.82) is 0 Å². The Morgan fingerprint density at radius 3 is 2.40 bits per heavy atom. The van der Waals surface area contributed by atoms with Crippen LogP contribution >= 0.6 is 0 Å². The van der Waals surface area contributed by atoms with E-state index in [0.29, 0.717) is 0 Å². The van der Waals surface area contributed by atoms with Gasteiger partial charge in [-0.15, -0.1) is 0 Å². The predicted octanol–water partition coefficient (Wildman–Crippen LogP) is 0.905. The molecule has 0 aliphatic rings. The van der Waals surface area contributed by atoms with Gasteiger partial charge >= 0.3 is 0 Å². The number of rotatable bonds is 4. The fraction of sp³-hybridized carbons (Fsp3) is 0.417. The van der Waals surface area contributed by atoms with E-state index in [1.807, 2.05) is 37.4 Å². The van der Waals surface area contributed by atoms with Crippen molar-refractivity contribution in [2.75, 3.05) is 21.1 Å². The van der Waals surface area contributed by atoms with E-state index in [2.05, 4.69) is 5.32 Å². The number of benzene rings is 1. The molecule has 0 radical (unpaired) electrons. The van der Waals surface area contributed by atoms with Gasteiger partial charge < -0.3 is 10.2 Å². The number of hydrogen-bond donors (Lipinski definition) is 1. The Morgan fingerprint density at radius 1 is 1.33 bits per heavy atom. The van der Waals surface area contributed by atoms with Crippen molar-refractivity contribution < 1.29 is 4.79 Å². The lowest BCUT2D eigenvalue weighted by molar-refractivity contribution is -0.130. The molecule has 3 heteroatoms. The lowest BCUT2D eigenvalue weighted by Gasteiger charge is -2.19. The molecule has 1 unspecified atom stereocenters. The highest BCUT2D eigenvalue weighted by molar-refractivity contribution is 5.81. The zero-order valence-electron chi connectivity index (χ0n) is 9.53. The summed E-state index contributed by atoms with van der Waals surface area (Å²) in [5.74, 6) is 0.112. The van der Waals surface area contributed by atoms with Crippen LogP contribution in [0.5, 0.6) is 0 Å². The predicted molar refractivity (Wildman–Crippen MR) is 61.7 cm³/mol. The van der Waals surface area contributed by atoms with Crippen molar-refractivity contribution in [3.63, 3.8) is 0 Å². The third-order valence-corrected chi connectivity index (χ3v) is 2.37. The Hall–Kier alpha value is -1.35. The van der Waals surface area contributed by atoms with E-state index in [4.69, 9.17) is 0 Å². The molecule has 82 valence electrons. The van der Waals surface area contributed by atoms with Crippen LogP contribution in [-0.2, 0) is 11.2 Å². The molecule has 1 rings (SSSR count). The summed E-state index contributed by atoms with van der Waals surface area (Å²) in [4.78, 5) is 13.4. The average Bonchev–Trinajstić information content (AvgIpc) is 2.26. The SMILES string of the molecule is CNC(Cc1ccccc1)C(=O)N(C)C. The molecule has 0 aromatic heterocycles.